The topological polar surface area (TPSA) is 63.7 Å². The third-order valence-electron chi connectivity index (χ3n) is 3.08. The van der Waals surface area contributed by atoms with Gasteiger partial charge in [0, 0.05) is 4.75 Å². The summed E-state index contributed by atoms with van der Waals surface area (Å²) in [6, 6.07) is -0.619. The number of alkyl halides is 2. The van der Waals surface area contributed by atoms with E-state index in [0.717, 1.165) is 0 Å². The van der Waals surface area contributed by atoms with Crippen molar-refractivity contribution in [1.82, 2.24) is 4.90 Å². The van der Waals surface area contributed by atoms with Crippen LogP contribution in [-0.4, -0.2) is 46.8 Å². The molecule has 2 saturated heterocycles. The van der Waals surface area contributed by atoms with Gasteiger partial charge < -0.3 is 9.64 Å². The van der Waals surface area contributed by atoms with Gasteiger partial charge >= 0.3 is 5.97 Å². The summed E-state index contributed by atoms with van der Waals surface area (Å²) in [5.41, 5.74) is 0. The highest BCUT2D eigenvalue weighted by atomic mass is 127. The number of hydrogen-bond donors (Lipinski definition) is 0. The Morgan fingerprint density at radius 3 is 2.53 bits per heavy atom. The van der Waals surface area contributed by atoms with Gasteiger partial charge in [0.2, 0.25) is 0 Å². The van der Waals surface area contributed by atoms with Gasteiger partial charge in [0.25, 0.3) is 5.91 Å². The molecule has 0 radical (unpaired) electrons. The maximum atomic E-state index is 12.1. The lowest BCUT2D eigenvalue weighted by atomic mass is 9.98. The van der Waals surface area contributed by atoms with Crippen molar-refractivity contribution in [2.75, 3.05) is 6.61 Å². The molecule has 0 spiro atoms. The molecule has 0 saturated carbocycles. The van der Waals surface area contributed by atoms with Crippen LogP contribution in [0.3, 0.4) is 0 Å². The van der Waals surface area contributed by atoms with Gasteiger partial charge in [-0.1, -0.05) is 45.2 Å². The van der Waals surface area contributed by atoms with Gasteiger partial charge in [-0.3, -0.25) is 9.59 Å². The molecule has 2 atom stereocenters. The molecule has 0 aromatic carbocycles. The third kappa shape index (κ3) is 2.52. The Balaban J connectivity index is 2.18. The van der Waals surface area contributed by atoms with Gasteiger partial charge in [-0.05, 0) is 20.8 Å². The second-order valence-corrected chi connectivity index (χ2v) is 12.3. The summed E-state index contributed by atoms with van der Waals surface area (Å²) in [7, 11) is 0. The molecule has 2 aliphatic rings. The predicted molar refractivity (Wildman–Crippen MR) is 88.5 cm³/mol. The number of fused-ring (bicyclic) bond motifs is 1. The van der Waals surface area contributed by atoms with E-state index in [1.807, 2.05) is 13.8 Å². The molecule has 0 aromatic heterocycles. The number of halogens is 2. The summed E-state index contributed by atoms with van der Waals surface area (Å²) < 4.78 is 4.09. The van der Waals surface area contributed by atoms with Gasteiger partial charge in [0.1, 0.15) is 18.0 Å². The fraction of sp³-hybridized carbons (Fsp3) is 0.727. The second kappa shape index (κ2) is 5.00. The quantitative estimate of drug-likeness (QED) is 0.251. The number of carbonyl (C=O) groups is 3. The molecule has 0 aliphatic carbocycles. The van der Waals surface area contributed by atoms with Crippen molar-refractivity contribution in [2.45, 2.75) is 38.4 Å². The lowest BCUT2D eigenvalue weighted by Gasteiger charge is -2.46. The standard InChI is InChI=1S/C11H13I2NO4S/c1-5(15)4-18-7(16)6-10(2,3)19-9-11(12,13)8(17)14(6)9/h6,9H,4H2,1-3H3/t6-,9+/m0/s1. The number of β-lactam (4-membered cyclic amide) rings is 1. The van der Waals surface area contributed by atoms with Crippen molar-refractivity contribution in [2.24, 2.45) is 0 Å². The Kier molecular flexibility index (Phi) is 4.16. The average molecular weight is 509 g/mol. The van der Waals surface area contributed by atoms with E-state index < -0.39 is 18.2 Å². The summed E-state index contributed by atoms with van der Waals surface area (Å²) >= 11 is 5.85. The van der Waals surface area contributed by atoms with Gasteiger partial charge in [0.05, 0.1) is 0 Å². The number of ketones is 1. The van der Waals surface area contributed by atoms with Crippen molar-refractivity contribution in [1.29, 1.82) is 0 Å². The van der Waals surface area contributed by atoms with Crippen LogP contribution in [0.15, 0.2) is 0 Å². The molecule has 2 fully saturated rings. The molecule has 2 rings (SSSR count). The highest BCUT2D eigenvalue weighted by Crippen LogP contribution is 2.60. The second-order valence-electron chi connectivity index (χ2n) is 5.12. The van der Waals surface area contributed by atoms with Crippen molar-refractivity contribution < 1.29 is 19.1 Å². The largest absolute Gasteiger partial charge is 0.456 e. The molecular formula is C11H13I2NO4S. The third-order valence-corrected chi connectivity index (χ3v) is 7.66. The Morgan fingerprint density at radius 1 is 1.42 bits per heavy atom. The lowest BCUT2D eigenvalue weighted by Crippen LogP contribution is -2.68. The fourth-order valence-corrected chi connectivity index (χ4v) is 5.63. The molecule has 2 aliphatic heterocycles. The fourth-order valence-electron chi connectivity index (χ4n) is 2.21. The zero-order valence-corrected chi connectivity index (χ0v) is 15.7. The van der Waals surface area contributed by atoms with Gasteiger partial charge in [-0.2, -0.15) is 0 Å². The smallest absolute Gasteiger partial charge is 0.330 e. The van der Waals surface area contributed by atoms with E-state index in [2.05, 4.69) is 45.2 Å². The number of Topliss-reactive ketones (excluding diaryl/α,β-unsaturated/α-hetero) is 1. The van der Waals surface area contributed by atoms with Gasteiger partial charge in [-0.25, -0.2) is 4.79 Å². The van der Waals surface area contributed by atoms with Crippen LogP contribution in [0.25, 0.3) is 0 Å². The van der Waals surface area contributed by atoms with E-state index in [1.165, 1.54) is 6.92 Å². The van der Waals surface area contributed by atoms with E-state index in [0.29, 0.717) is 0 Å². The lowest BCUT2D eigenvalue weighted by molar-refractivity contribution is -0.161. The summed E-state index contributed by atoms with van der Waals surface area (Å²) in [5, 5.41) is -0.0221. The Bertz CT molecular complexity index is 466. The number of amides is 1. The molecule has 1 amide bonds. The van der Waals surface area contributed by atoms with Crippen molar-refractivity contribution in [3.8, 4) is 0 Å². The van der Waals surface area contributed by atoms with Crippen LogP contribution >= 0.6 is 56.9 Å². The first-order valence-corrected chi connectivity index (χ1v) is 8.67. The molecule has 0 N–H and O–H groups in total. The average Bonchev–Trinajstić information content (AvgIpc) is 2.56. The van der Waals surface area contributed by atoms with Crippen LogP contribution in [-0.2, 0) is 19.1 Å². The summed E-state index contributed by atoms with van der Waals surface area (Å²) in [5.74, 6) is -0.756. The molecule has 5 nitrogen and oxygen atoms in total. The molecule has 0 aromatic rings. The highest BCUT2D eigenvalue weighted by Gasteiger charge is 2.70. The highest BCUT2D eigenvalue weighted by molar-refractivity contribution is 14.2. The number of esters is 1. The molecular weight excluding hydrogens is 496 g/mol. The first kappa shape index (κ1) is 15.8. The number of rotatable bonds is 3. The van der Waals surface area contributed by atoms with Crippen LogP contribution in [0.2, 0.25) is 0 Å². The van der Waals surface area contributed by atoms with Crippen LogP contribution in [0.4, 0.5) is 0 Å². The minimum Gasteiger partial charge on any atom is -0.456 e. The first-order valence-electron chi connectivity index (χ1n) is 5.63. The van der Waals surface area contributed by atoms with Crippen LogP contribution in [0, 0.1) is 0 Å². The predicted octanol–water partition coefficient (Wildman–Crippen LogP) is 1.75. The zero-order valence-electron chi connectivity index (χ0n) is 10.6. The van der Waals surface area contributed by atoms with Gasteiger partial charge in [0.15, 0.2) is 7.21 Å². The van der Waals surface area contributed by atoms with Crippen molar-refractivity contribution in [3.63, 3.8) is 0 Å². The molecule has 8 heteroatoms. The normalized spacial score (nSPS) is 30.6. The molecule has 19 heavy (non-hydrogen) atoms. The summed E-state index contributed by atoms with van der Waals surface area (Å²) in [6.07, 6.45) is 0. The minimum atomic E-state index is -0.619. The molecule has 2 heterocycles. The Hall–Kier alpha value is 0.420. The van der Waals surface area contributed by atoms with E-state index in [-0.39, 0.29) is 23.7 Å². The van der Waals surface area contributed by atoms with Crippen molar-refractivity contribution in [3.05, 3.63) is 0 Å². The number of ether oxygens (including phenoxy) is 1. The van der Waals surface area contributed by atoms with E-state index in [9.17, 15) is 14.4 Å². The van der Waals surface area contributed by atoms with Crippen LogP contribution in [0.1, 0.15) is 20.8 Å². The van der Waals surface area contributed by atoms with E-state index >= 15 is 0 Å². The molecule has 0 bridgehead atoms. The number of carbonyl (C=O) groups excluding carboxylic acids is 3. The zero-order chi connectivity index (χ0) is 14.6. The van der Waals surface area contributed by atoms with Crippen molar-refractivity contribution >= 4 is 74.6 Å². The SMILES string of the molecule is CC(=O)COC(=O)[C@@H]1N2C(=O)C(I)(I)[C@H]2SC1(C)C. The Morgan fingerprint density at radius 2 is 2.00 bits per heavy atom. The maximum absolute atomic E-state index is 12.1. The number of nitrogens with zero attached hydrogens (tertiary/aromatic N) is 1. The monoisotopic (exact) mass is 509 g/mol. The number of thioether (sulfide) groups is 1. The first-order chi connectivity index (χ1) is 8.59. The Labute approximate surface area is 142 Å². The van der Waals surface area contributed by atoms with E-state index in [1.54, 1.807) is 16.7 Å². The van der Waals surface area contributed by atoms with Crippen LogP contribution in [0.5, 0.6) is 0 Å². The molecule has 106 valence electrons. The van der Waals surface area contributed by atoms with Gasteiger partial charge in [-0.15, -0.1) is 11.8 Å². The summed E-state index contributed by atoms with van der Waals surface area (Å²) in [6.45, 7) is 4.97. The maximum Gasteiger partial charge on any atom is 0.330 e. The van der Waals surface area contributed by atoms with E-state index in [4.69, 9.17) is 4.74 Å². The summed E-state index contributed by atoms with van der Waals surface area (Å²) in [4.78, 5) is 36.7. The number of hydrogen-bond acceptors (Lipinski definition) is 5. The minimum absolute atomic E-state index is 0.0221. The van der Waals surface area contributed by atoms with Crippen LogP contribution < -0.4 is 0 Å². The molecule has 0 unspecified atom stereocenters.